The first-order valence-electron chi connectivity index (χ1n) is 6.97. The molecule has 0 unspecified atom stereocenters. The first-order valence-corrected chi connectivity index (χ1v) is 6.97. The average Bonchev–Trinajstić information content (AvgIpc) is 2.52. The van der Waals surface area contributed by atoms with Gasteiger partial charge >= 0.3 is 0 Å². The lowest BCUT2D eigenvalue weighted by atomic mass is 10.1. The molecule has 2 rings (SSSR count). The predicted molar refractivity (Wildman–Crippen MR) is 81.1 cm³/mol. The summed E-state index contributed by atoms with van der Waals surface area (Å²) in [6.07, 6.45) is 1.87. The highest BCUT2D eigenvalue weighted by atomic mass is 19.1. The second-order valence-electron chi connectivity index (χ2n) is 4.79. The number of benzene rings is 2. The van der Waals surface area contributed by atoms with Crippen molar-refractivity contribution in [3.8, 4) is 11.5 Å². The van der Waals surface area contributed by atoms with Gasteiger partial charge in [0.25, 0.3) is 0 Å². The fourth-order valence-corrected chi connectivity index (χ4v) is 2.03. The van der Waals surface area contributed by atoms with Crippen molar-refractivity contribution in [1.82, 2.24) is 0 Å². The van der Waals surface area contributed by atoms with Gasteiger partial charge in [0, 0.05) is 0 Å². The summed E-state index contributed by atoms with van der Waals surface area (Å²) in [4.78, 5) is 0. The zero-order valence-corrected chi connectivity index (χ0v) is 12.1. The molecular formula is C17H20FNO2. The number of halogens is 1. The van der Waals surface area contributed by atoms with Gasteiger partial charge in [-0.3, -0.25) is 0 Å². The van der Waals surface area contributed by atoms with Gasteiger partial charge in [0.05, 0.1) is 7.11 Å². The summed E-state index contributed by atoms with van der Waals surface area (Å²) in [6, 6.07) is 12.1. The highest BCUT2D eigenvalue weighted by molar-refractivity contribution is 5.43. The minimum Gasteiger partial charge on any atom is -0.493 e. The molecule has 0 heterocycles. The van der Waals surface area contributed by atoms with Gasteiger partial charge in [-0.25, -0.2) is 4.39 Å². The predicted octanol–water partition coefficient (Wildman–Crippen LogP) is 3.30. The number of nitrogens with two attached hydrogens (primary N) is 1. The third kappa shape index (κ3) is 4.46. The van der Waals surface area contributed by atoms with Crippen LogP contribution in [0.3, 0.4) is 0 Å². The third-order valence-corrected chi connectivity index (χ3v) is 3.21. The van der Waals surface area contributed by atoms with Crippen LogP contribution in [-0.2, 0) is 13.0 Å². The molecule has 0 amide bonds. The normalized spacial score (nSPS) is 10.4. The van der Waals surface area contributed by atoms with Crippen LogP contribution in [0.4, 0.5) is 4.39 Å². The van der Waals surface area contributed by atoms with Gasteiger partial charge in [0.2, 0.25) is 0 Å². The van der Waals surface area contributed by atoms with Crippen molar-refractivity contribution < 1.29 is 13.9 Å². The van der Waals surface area contributed by atoms with Gasteiger partial charge in [0.1, 0.15) is 12.4 Å². The summed E-state index contributed by atoms with van der Waals surface area (Å²) in [5.41, 5.74) is 7.60. The van der Waals surface area contributed by atoms with Crippen molar-refractivity contribution in [3.05, 3.63) is 59.4 Å². The van der Waals surface area contributed by atoms with E-state index in [1.165, 1.54) is 17.7 Å². The first kappa shape index (κ1) is 15.3. The van der Waals surface area contributed by atoms with E-state index in [9.17, 15) is 4.39 Å². The van der Waals surface area contributed by atoms with E-state index in [4.69, 9.17) is 15.2 Å². The Balaban J connectivity index is 2.03. The monoisotopic (exact) mass is 289 g/mol. The molecule has 0 spiro atoms. The van der Waals surface area contributed by atoms with E-state index in [0.29, 0.717) is 24.7 Å². The van der Waals surface area contributed by atoms with Crippen LogP contribution < -0.4 is 15.2 Å². The van der Waals surface area contributed by atoms with Crippen LogP contribution in [0.1, 0.15) is 17.5 Å². The number of ether oxygens (including phenoxy) is 2. The second-order valence-corrected chi connectivity index (χ2v) is 4.79. The van der Waals surface area contributed by atoms with Crippen molar-refractivity contribution in [2.45, 2.75) is 19.4 Å². The molecule has 4 heteroatoms. The SMILES string of the molecule is COc1cc(CCCN)ccc1OCc1ccc(F)cc1. The van der Waals surface area contributed by atoms with Crippen molar-refractivity contribution in [1.29, 1.82) is 0 Å². The van der Waals surface area contributed by atoms with Crippen LogP contribution >= 0.6 is 0 Å². The lowest BCUT2D eigenvalue weighted by molar-refractivity contribution is 0.284. The van der Waals surface area contributed by atoms with Crippen molar-refractivity contribution in [2.75, 3.05) is 13.7 Å². The van der Waals surface area contributed by atoms with E-state index >= 15 is 0 Å². The Morgan fingerprint density at radius 3 is 2.38 bits per heavy atom. The summed E-state index contributed by atoms with van der Waals surface area (Å²) >= 11 is 0. The molecular weight excluding hydrogens is 269 g/mol. The van der Waals surface area contributed by atoms with Crippen LogP contribution in [0.2, 0.25) is 0 Å². The molecule has 2 N–H and O–H groups in total. The fourth-order valence-electron chi connectivity index (χ4n) is 2.03. The number of aryl methyl sites for hydroxylation is 1. The van der Waals surface area contributed by atoms with Crippen molar-refractivity contribution in [2.24, 2.45) is 5.73 Å². The van der Waals surface area contributed by atoms with Gasteiger partial charge in [-0.1, -0.05) is 18.2 Å². The van der Waals surface area contributed by atoms with Gasteiger partial charge in [0.15, 0.2) is 11.5 Å². The zero-order chi connectivity index (χ0) is 15.1. The van der Waals surface area contributed by atoms with Gasteiger partial charge in [-0.2, -0.15) is 0 Å². The quantitative estimate of drug-likeness (QED) is 0.850. The summed E-state index contributed by atoms with van der Waals surface area (Å²) in [7, 11) is 1.62. The topological polar surface area (TPSA) is 44.5 Å². The van der Waals surface area contributed by atoms with Gasteiger partial charge in [-0.15, -0.1) is 0 Å². The third-order valence-electron chi connectivity index (χ3n) is 3.21. The molecule has 0 aliphatic carbocycles. The molecule has 2 aromatic carbocycles. The maximum Gasteiger partial charge on any atom is 0.161 e. The summed E-state index contributed by atoms with van der Waals surface area (Å²) in [5, 5.41) is 0. The fraction of sp³-hybridized carbons (Fsp3) is 0.294. The molecule has 0 radical (unpaired) electrons. The molecule has 0 saturated carbocycles. The maximum atomic E-state index is 12.8. The van der Waals surface area contributed by atoms with Gasteiger partial charge in [-0.05, 0) is 54.8 Å². The molecule has 21 heavy (non-hydrogen) atoms. The molecule has 112 valence electrons. The van der Waals surface area contributed by atoms with E-state index in [2.05, 4.69) is 0 Å². The molecule has 0 bridgehead atoms. The van der Waals surface area contributed by atoms with Crippen molar-refractivity contribution in [3.63, 3.8) is 0 Å². The maximum absolute atomic E-state index is 12.8. The van der Waals surface area contributed by atoms with Crippen molar-refractivity contribution >= 4 is 0 Å². The Bertz CT molecular complexity index is 570. The van der Waals surface area contributed by atoms with Crippen LogP contribution in [0.25, 0.3) is 0 Å². The second kappa shape index (κ2) is 7.64. The van der Waals surface area contributed by atoms with E-state index in [0.717, 1.165) is 18.4 Å². The Hall–Kier alpha value is -2.07. The summed E-state index contributed by atoms with van der Waals surface area (Å²) < 4.78 is 23.9. The van der Waals surface area contributed by atoms with E-state index in [-0.39, 0.29) is 5.82 Å². The Morgan fingerprint density at radius 1 is 1.00 bits per heavy atom. The number of hydrogen-bond donors (Lipinski definition) is 1. The smallest absolute Gasteiger partial charge is 0.161 e. The lowest BCUT2D eigenvalue weighted by Crippen LogP contribution is -2.01. The molecule has 0 aliphatic heterocycles. The molecule has 0 atom stereocenters. The molecule has 2 aromatic rings. The van der Waals surface area contributed by atoms with Crippen LogP contribution in [0, 0.1) is 5.82 Å². The standard InChI is InChI=1S/C17H20FNO2/c1-20-17-11-13(3-2-10-19)6-9-16(17)21-12-14-4-7-15(18)8-5-14/h4-9,11H,2-3,10,12,19H2,1H3. The highest BCUT2D eigenvalue weighted by Crippen LogP contribution is 2.29. The zero-order valence-electron chi connectivity index (χ0n) is 12.1. The summed E-state index contributed by atoms with van der Waals surface area (Å²) in [5.74, 6) is 1.13. The Labute approximate surface area is 124 Å². The Morgan fingerprint density at radius 2 is 1.71 bits per heavy atom. The Kier molecular flexibility index (Phi) is 5.58. The molecule has 0 aliphatic rings. The van der Waals surface area contributed by atoms with Gasteiger partial charge < -0.3 is 15.2 Å². The molecule has 0 saturated heterocycles. The highest BCUT2D eigenvalue weighted by Gasteiger charge is 2.06. The van der Waals surface area contributed by atoms with Crippen LogP contribution in [0.5, 0.6) is 11.5 Å². The largest absolute Gasteiger partial charge is 0.493 e. The van der Waals surface area contributed by atoms with E-state index in [1.807, 2.05) is 18.2 Å². The molecule has 0 aromatic heterocycles. The van der Waals surface area contributed by atoms with Crippen LogP contribution in [0.15, 0.2) is 42.5 Å². The molecule has 3 nitrogen and oxygen atoms in total. The lowest BCUT2D eigenvalue weighted by Gasteiger charge is -2.12. The minimum absolute atomic E-state index is 0.249. The number of rotatable bonds is 7. The summed E-state index contributed by atoms with van der Waals surface area (Å²) in [6.45, 7) is 1.05. The van der Waals surface area contributed by atoms with E-state index < -0.39 is 0 Å². The average molecular weight is 289 g/mol. The van der Waals surface area contributed by atoms with E-state index in [1.54, 1.807) is 19.2 Å². The van der Waals surface area contributed by atoms with Crippen LogP contribution in [-0.4, -0.2) is 13.7 Å². The minimum atomic E-state index is -0.249. The number of hydrogen-bond acceptors (Lipinski definition) is 3. The first-order chi connectivity index (χ1) is 10.2. The molecule has 0 fully saturated rings. The number of methoxy groups -OCH3 is 1.